The minimum Gasteiger partial charge on any atom is -0.356 e. The van der Waals surface area contributed by atoms with Gasteiger partial charge in [0, 0.05) is 19.0 Å². The lowest BCUT2D eigenvalue weighted by Crippen LogP contribution is -2.38. The Morgan fingerprint density at radius 3 is 2.58 bits per heavy atom. The highest BCUT2D eigenvalue weighted by atomic mass is 127. The van der Waals surface area contributed by atoms with Crippen LogP contribution in [0.2, 0.25) is 0 Å². The molecule has 0 spiro atoms. The number of rotatable bonds is 5. The van der Waals surface area contributed by atoms with Crippen LogP contribution >= 0.6 is 24.0 Å². The van der Waals surface area contributed by atoms with Crippen LogP contribution in [0.4, 0.5) is 0 Å². The fourth-order valence-corrected chi connectivity index (χ4v) is 2.36. The molecule has 1 aromatic heterocycles. The maximum atomic E-state index is 5.30. The lowest BCUT2D eigenvalue weighted by molar-refractivity contribution is 0.318. The Morgan fingerprint density at radius 2 is 2.00 bits per heavy atom. The van der Waals surface area contributed by atoms with Crippen molar-refractivity contribution in [3.63, 3.8) is 0 Å². The number of benzene rings is 1. The number of aliphatic imine (C=N–C) groups is 1. The van der Waals surface area contributed by atoms with Gasteiger partial charge in [0.25, 0.3) is 0 Å². The zero-order valence-electron chi connectivity index (χ0n) is 16.5. The minimum atomic E-state index is -0.144. The van der Waals surface area contributed by atoms with E-state index >= 15 is 0 Å². The summed E-state index contributed by atoms with van der Waals surface area (Å²) in [5, 5.41) is 10.6. The van der Waals surface area contributed by atoms with Crippen LogP contribution in [0.1, 0.15) is 56.5 Å². The fourth-order valence-electron chi connectivity index (χ4n) is 2.36. The number of halogens is 1. The van der Waals surface area contributed by atoms with Gasteiger partial charge in [0.2, 0.25) is 5.89 Å². The molecule has 1 aromatic carbocycles. The van der Waals surface area contributed by atoms with E-state index in [1.54, 1.807) is 7.05 Å². The van der Waals surface area contributed by atoms with E-state index in [-0.39, 0.29) is 29.4 Å². The average Bonchev–Trinajstić information content (AvgIpc) is 3.04. The van der Waals surface area contributed by atoms with Crippen molar-refractivity contribution in [1.29, 1.82) is 0 Å². The normalized spacial score (nSPS) is 13.1. The third-order valence-electron chi connectivity index (χ3n) is 3.93. The van der Waals surface area contributed by atoms with Crippen molar-refractivity contribution in [2.45, 2.75) is 52.5 Å². The molecule has 0 saturated heterocycles. The van der Waals surface area contributed by atoms with Crippen LogP contribution in [0.3, 0.4) is 0 Å². The molecule has 0 aliphatic heterocycles. The summed E-state index contributed by atoms with van der Waals surface area (Å²) in [6.45, 7) is 11.7. The minimum absolute atomic E-state index is 0. The number of hydrogen-bond acceptors (Lipinski definition) is 4. The zero-order chi connectivity index (χ0) is 18.4. The van der Waals surface area contributed by atoms with Crippen LogP contribution in [0.5, 0.6) is 0 Å². The van der Waals surface area contributed by atoms with Crippen molar-refractivity contribution >= 4 is 29.9 Å². The molecule has 0 aliphatic carbocycles. The standard InChI is InChI=1S/C19H29N5O.HI/c1-13-8-7-9-15(10-13)14(2)11-21-18(20-6)22-12-16-23-17(25-24-16)19(3,4)5;/h7-10,14H,11-12H2,1-6H3,(H2,20,21,22);1H. The molecule has 2 N–H and O–H groups in total. The highest BCUT2D eigenvalue weighted by Gasteiger charge is 2.21. The molecular formula is C19H30IN5O. The van der Waals surface area contributed by atoms with Gasteiger partial charge in [-0.1, -0.05) is 62.7 Å². The van der Waals surface area contributed by atoms with Crippen LogP contribution in [0.25, 0.3) is 0 Å². The topological polar surface area (TPSA) is 75.3 Å². The highest BCUT2D eigenvalue weighted by molar-refractivity contribution is 14.0. The monoisotopic (exact) mass is 471 g/mol. The zero-order valence-corrected chi connectivity index (χ0v) is 18.8. The second-order valence-corrected chi connectivity index (χ2v) is 7.39. The summed E-state index contributed by atoms with van der Waals surface area (Å²) in [6, 6.07) is 8.58. The van der Waals surface area contributed by atoms with Crippen LogP contribution < -0.4 is 10.6 Å². The first-order valence-corrected chi connectivity index (χ1v) is 8.63. The molecule has 144 valence electrons. The molecule has 0 amide bonds. The van der Waals surface area contributed by atoms with Crippen LogP contribution in [0.15, 0.2) is 33.8 Å². The largest absolute Gasteiger partial charge is 0.356 e. The number of guanidine groups is 1. The number of hydrogen-bond donors (Lipinski definition) is 2. The Bertz CT molecular complexity index is 721. The molecule has 2 rings (SSSR count). The van der Waals surface area contributed by atoms with Gasteiger partial charge in [-0.05, 0) is 18.4 Å². The first kappa shape index (κ1) is 22.4. The van der Waals surface area contributed by atoms with Crippen molar-refractivity contribution in [3.8, 4) is 0 Å². The van der Waals surface area contributed by atoms with Crippen molar-refractivity contribution in [1.82, 2.24) is 20.8 Å². The molecule has 7 heteroatoms. The quantitative estimate of drug-likeness (QED) is 0.395. The Kier molecular flexibility index (Phi) is 8.52. The predicted molar refractivity (Wildman–Crippen MR) is 116 cm³/mol. The van der Waals surface area contributed by atoms with E-state index in [9.17, 15) is 0 Å². The number of aromatic nitrogens is 2. The first-order valence-electron chi connectivity index (χ1n) is 8.63. The van der Waals surface area contributed by atoms with Crippen molar-refractivity contribution < 1.29 is 4.52 Å². The van der Waals surface area contributed by atoms with Crippen LogP contribution in [-0.2, 0) is 12.0 Å². The molecule has 0 radical (unpaired) electrons. The smallest absolute Gasteiger partial charge is 0.232 e. The average molecular weight is 471 g/mol. The van der Waals surface area contributed by atoms with E-state index in [0.29, 0.717) is 24.2 Å². The Balaban J connectivity index is 0.00000338. The van der Waals surface area contributed by atoms with Gasteiger partial charge in [-0.2, -0.15) is 4.98 Å². The molecular weight excluding hydrogens is 441 g/mol. The van der Waals surface area contributed by atoms with Crippen LogP contribution in [-0.4, -0.2) is 29.7 Å². The van der Waals surface area contributed by atoms with Gasteiger partial charge in [-0.15, -0.1) is 24.0 Å². The molecule has 0 saturated carbocycles. The van der Waals surface area contributed by atoms with Gasteiger partial charge in [0.15, 0.2) is 11.8 Å². The lowest BCUT2D eigenvalue weighted by Gasteiger charge is -2.16. The Labute approximate surface area is 173 Å². The number of aryl methyl sites for hydroxylation is 1. The van der Waals surface area contributed by atoms with Crippen molar-refractivity contribution in [2.75, 3.05) is 13.6 Å². The summed E-state index contributed by atoms with van der Waals surface area (Å²) in [5.41, 5.74) is 2.45. The molecule has 0 aliphatic rings. The van der Waals surface area contributed by atoms with Gasteiger partial charge in [-0.25, -0.2) is 0 Å². The van der Waals surface area contributed by atoms with E-state index in [1.165, 1.54) is 11.1 Å². The second-order valence-electron chi connectivity index (χ2n) is 7.39. The lowest BCUT2D eigenvalue weighted by atomic mass is 9.97. The summed E-state index contributed by atoms with van der Waals surface area (Å²) in [4.78, 5) is 8.67. The van der Waals surface area contributed by atoms with E-state index in [2.05, 4.69) is 63.9 Å². The maximum Gasteiger partial charge on any atom is 0.232 e. The fraction of sp³-hybridized carbons (Fsp3) is 0.526. The van der Waals surface area contributed by atoms with Crippen molar-refractivity contribution in [3.05, 3.63) is 47.1 Å². The van der Waals surface area contributed by atoms with Crippen LogP contribution in [0, 0.1) is 6.92 Å². The van der Waals surface area contributed by atoms with Gasteiger partial charge in [0.1, 0.15) is 0 Å². The van der Waals surface area contributed by atoms with E-state index in [0.717, 1.165) is 12.5 Å². The van der Waals surface area contributed by atoms with Gasteiger partial charge in [-0.3, -0.25) is 4.99 Å². The molecule has 1 unspecified atom stereocenters. The molecule has 0 fully saturated rings. The number of nitrogens with zero attached hydrogens (tertiary/aromatic N) is 3. The van der Waals surface area contributed by atoms with Gasteiger partial charge >= 0.3 is 0 Å². The Morgan fingerprint density at radius 1 is 1.27 bits per heavy atom. The molecule has 26 heavy (non-hydrogen) atoms. The van der Waals surface area contributed by atoms with E-state index in [1.807, 2.05) is 20.8 Å². The third kappa shape index (κ3) is 6.59. The summed E-state index contributed by atoms with van der Waals surface area (Å²) in [7, 11) is 1.75. The molecule has 2 aromatic rings. The first-order chi connectivity index (χ1) is 11.8. The van der Waals surface area contributed by atoms with E-state index < -0.39 is 0 Å². The predicted octanol–water partition coefficient (Wildman–Crippen LogP) is 3.76. The summed E-state index contributed by atoms with van der Waals surface area (Å²) in [6.07, 6.45) is 0. The number of nitrogens with one attached hydrogen (secondary N) is 2. The summed E-state index contributed by atoms with van der Waals surface area (Å²) in [5.74, 6) is 2.37. The molecule has 0 bridgehead atoms. The molecule has 1 heterocycles. The molecule has 1 atom stereocenters. The second kappa shape index (κ2) is 9.89. The highest BCUT2D eigenvalue weighted by Crippen LogP contribution is 2.19. The third-order valence-corrected chi connectivity index (χ3v) is 3.93. The molecule has 6 nitrogen and oxygen atoms in total. The van der Waals surface area contributed by atoms with Gasteiger partial charge in [0.05, 0.1) is 6.54 Å². The van der Waals surface area contributed by atoms with E-state index in [4.69, 9.17) is 4.52 Å². The SMILES string of the molecule is CN=C(NCc1noc(C(C)(C)C)n1)NCC(C)c1cccc(C)c1.I. The Hall–Kier alpha value is -1.64. The summed E-state index contributed by atoms with van der Waals surface area (Å²) >= 11 is 0. The van der Waals surface area contributed by atoms with Crippen molar-refractivity contribution in [2.24, 2.45) is 4.99 Å². The summed E-state index contributed by atoms with van der Waals surface area (Å²) < 4.78 is 5.30. The van der Waals surface area contributed by atoms with Gasteiger partial charge < -0.3 is 15.2 Å². The maximum absolute atomic E-state index is 5.30.